The van der Waals surface area contributed by atoms with Crippen molar-refractivity contribution in [2.24, 2.45) is 4.99 Å². The van der Waals surface area contributed by atoms with Gasteiger partial charge in [-0.15, -0.1) is 0 Å². The standard InChI is InChI=1S/C13H17N3O2.ClH.Pd/c1-15-10-16(9-13(17)14-7-8-18-2)12-6-4-3-5-11(12)15;;/h3-6H,7-9H2,1-2H3,(H,14,17);1H;/q;;+2/p-2. The zero-order chi connectivity index (χ0) is 15.0. The van der Waals surface area contributed by atoms with Gasteiger partial charge in [0, 0.05) is 20.7 Å². The van der Waals surface area contributed by atoms with Crippen LogP contribution in [0.1, 0.15) is 0 Å². The first-order valence-corrected chi connectivity index (χ1v) is 7.90. The maximum atomic E-state index is 11.7. The van der Waals surface area contributed by atoms with E-state index in [1.807, 2.05) is 36.2 Å². The van der Waals surface area contributed by atoms with Gasteiger partial charge in [-0.05, 0) is 18.0 Å². The van der Waals surface area contributed by atoms with E-state index >= 15 is 0 Å². The molecule has 112 valence electrons. The fourth-order valence-corrected chi connectivity index (χ4v) is 1.83. The summed E-state index contributed by atoms with van der Waals surface area (Å²) in [5.74, 6) is -0.162. The van der Waals surface area contributed by atoms with Crippen molar-refractivity contribution < 1.29 is 28.0 Å². The summed E-state index contributed by atoms with van der Waals surface area (Å²) in [5, 5.41) is 11.7. The zero-order valence-electron chi connectivity index (χ0n) is 11.3. The second-order valence-corrected chi connectivity index (χ2v) is 4.00. The summed E-state index contributed by atoms with van der Waals surface area (Å²) in [6, 6.07) is 7.87. The third-order valence-corrected chi connectivity index (χ3v) is 2.68. The summed E-state index contributed by atoms with van der Waals surface area (Å²) in [6.07, 6.45) is 0. The number of fused-ring (bicyclic) bond motifs is 1. The number of aliphatic imine (C=N–C) groups is 1. The van der Waals surface area contributed by atoms with Crippen LogP contribution in [0.5, 0.6) is 0 Å². The van der Waals surface area contributed by atoms with Crippen molar-refractivity contribution in [2.45, 2.75) is 0 Å². The Morgan fingerprint density at radius 2 is 2.05 bits per heavy atom. The molecule has 1 aromatic carbocycles. The van der Waals surface area contributed by atoms with E-state index in [1.54, 1.807) is 12.0 Å². The normalized spacial score (nSPS) is 13.9. The fraction of sp³-hybridized carbons (Fsp3) is 0.385. The maximum absolute atomic E-state index is 11.7. The Labute approximate surface area is 134 Å². The molecule has 0 atom stereocenters. The van der Waals surface area contributed by atoms with Crippen molar-refractivity contribution in [2.75, 3.05) is 43.7 Å². The summed E-state index contributed by atoms with van der Waals surface area (Å²) in [6.45, 7) is 4.18. The topological polar surface area (TPSA) is 51.1 Å². The Hall–Kier alpha value is -0.798. The van der Waals surface area contributed by atoms with Crippen LogP contribution >= 0.6 is 9.53 Å². The average Bonchev–Trinajstić information content (AvgIpc) is 2.78. The van der Waals surface area contributed by atoms with E-state index in [1.165, 1.54) is 0 Å². The molecule has 0 spiro atoms. The van der Waals surface area contributed by atoms with Gasteiger partial charge in [-0.3, -0.25) is 0 Å². The van der Waals surface area contributed by atoms with E-state index in [-0.39, 0.29) is 12.4 Å². The number of para-hydroxylation sites is 2. The van der Waals surface area contributed by atoms with Crippen LogP contribution in [0.3, 0.4) is 0 Å². The van der Waals surface area contributed by atoms with Gasteiger partial charge in [0.05, 0.1) is 24.5 Å². The monoisotopic (exact) mass is 387 g/mol. The van der Waals surface area contributed by atoms with Gasteiger partial charge in [0.1, 0.15) is 0 Å². The fourth-order valence-electron chi connectivity index (χ4n) is 1.83. The van der Waals surface area contributed by atoms with Crippen LogP contribution in [0, 0.1) is 6.67 Å². The van der Waals surface area contributed by atoms with Crippen molar-refractivity contribution in [3.8, 4) is 0 Å². The molecule has 0 saturated heterocycles. The molecule has 1 aliphatic rings. The number of benzene rings is 1. The predicted molar refractivity (Wildman–Crippen MR) is 75.5 cm³/mol. The number of hydrogen-bond donors (Lipinski definition) is 0. The minimum absolute atomic E-state index is 0.162. The Bertz CT molecular complexity index is 445. The number of halogens is 1. The minimum atomic E-state index is -0.162. The number of hydrogen-bond acceptors (Lipinski definition) is 5. The number of methoxy groups -OCH3 is 1. The molecule has 0 fully saturated rings. The SMILES string of the molecule is COCCN=C([O-])CN1[C]N(C)c2ccccc21.[Cl][Pd+]. The van der Waals surface area contributed by atoms with Crippen LogP contribution in [-0.4, -0.2) is 39.8 Å². The van der Waals surface area contributed by atoms with Gasteiger partial charge < -0.3 is 24.6 Å². The Morgan fingerprint density at radius 3 is 2.70 bits per heavy atom. The van der Waals surface area contributed by atoms with Gasteiger partial charge in [0.15, 0.2) is 0 Å². The van der Waals surface area contributed by atoms with Crippen molar-refractivity contribution in [1.82, 2.24) is 0 Å². The number of ether oxygens (including phenoxy) is 1. The van der Waals surface area contributed by atoms with Crippen LogP contribution in [0.4, 0.5) is 11.4 Å². The molecule has 7 heteroatoms. The predicted octanol–water partition coefficient (Wildman–Crippen LogP) is 1.03. The van der Waals surface area contributed by atoms with Crippen LogP contribution in [0.25, 0.3) is 0 Å². The molecule has 5 nitrogen and oxygen atoms in total. The Balaban J connectivity index is 0.000000956. The Kier molecular flexibility index (Phi) is 7.93. The van der Waals surface area contributed by atoms with Gasteiger partial charge in [0.2, 0.25) is 6.67 Å². The van der Waals surface area contributed by atoms with E-state index in [0.717, 1.165) is 11.4 Å². The van der Waals surface area contributed by atoms with Crippen molar-refractivity contribution in [1.29, 1.82) is 0 Å². The first-order valence-electron chi connectivity index (χ1n) is 5.90. The second kappa shape index (κ2) is 9.20. The van der Waals surface area contributed by atoms with Crippen LogP contribution < -0.4 is 14.9 Å². The van der Waals surface area contributed by atoms with Crippen LogP contribution in [-0.2, 0) is 22.9 Å². The molecular formula is C13H16ClN3O2Pd. The van der Waals surface area contributed by atoms with Crippen molar-refractivity contribution in [3.63, 3.8) is 0 Å². The first kappa shape index (κ1) is 17.3. The van der Waals surface area contributed by atoms with Gasteiger partial charge in [-0.1, -0.05) is 12.1 Å². The van der Waals surface area contributed by atoms with E-state index in [9.17, 15) is 5.11 Å². The quantitative estimate of drug-likeness (QED) is 0.327. The molecule has 0 N–H and O–H groups in total. The molecule has 0 saturated carbocycles. The molecule has 0 aromatic heterocycles. The number of nitrogens with zero attached hydrogens (tertiary/aromatic N) is 3. The van der Waals surface area contributed by atoms with Crippen LogP contribution in [0.2, 0.25) is 0 Å². The van der Waals surface area contributed by atoms with Gasteiger partial charge in [0.25, 0.3) is 0 Å². The van der Waals surface area contributed by atoms with Gasteiger partial charge in [-0.2, -0.15) is 0 Å². The molecule has 1 heterocycles. The molecule has 0 aliphatic carbocycles. The summed E-state index contributed by atoms with van der Waals surface area (Å²) in [5.41, 5.74) is 2.03. The number of anilines is 2. The van der Waals surface area contributed by atoms with Crippen LogP contribution in [0.15, 0.2) is 29.3 Å². The van der Waals surface area contributed by atoms with Crippen molar-refractivity contribution in [3.05, 3.63) is 30.9 Å². The third kappa shape index (κ3) is 4.64. The summed E-state index contributed by atoms with van der Waals surface area (Å²) in [4.78, 5) is 7.57. The number of rotatable bonds is 5. The summed E-state index contributed by atoms with van der Waals surface area (Å²) in [7, 11) is 7.99. The van der Waals surface area contributed by atoms with Gasteiger partial charge in [-0.25, -0.2) is 0 Å². The second-order valence-electron chi connectivity index (χ2n) is 4.00. The van der Waals surface area contributed by atoms with E-state index in [2.05, 4.69) is 39.4 Å². The molecular weight excluding hydrogens is 372 g/mol. The van der Waals surface area contributed by atoms with E-state index in [4.69, 9.17) is 4.74 Å². The molecule has 2 radical (unpaired) electrons. The third-order valence-electron chi connectivity index (χ3n) is 2.68. The van der Waals surface area contributed by atoms with Gasteiger partial charge >= 0.3 is 27.7 Å². The summed E-state index contributed by atoms with van der Waals surface area (Å²) < 4.78 is 4.85. The molecule has 2 rings (SSSR count). The molecule has 1 aliphatic heterocycles. The average molecular weight is 388 g/mol. The Morgan fingerprint density at radius 1 is 1.40 bits per heavy atom. The molecule has 20 heavy (non-hydrogen) atoms. The molecule has 0 bridgehead atoms. The molecule has 0 amide bonds. The summed E-state index contributed by atoms with van der Waals surface area (Å²) >= 11 is 2.22. The first-order chi connectivity index (χ1) is 9.72. The zero-order valence-corrected chi connectivity index (χ0v) is 13.6. The van der Waals surface area contributed by atoms with E-state index in [0.29, 0.717) is 13.2 Å². The van der Waals surface area contributed by atoms with E-state index < -0.39 is 0 Å². The molecule has 0 unspecified atom stereocenters. The van der Waals surface area contributed by atoms with Crippen molar-refractivity contribution >= 4 is 26.8 Å². The molecule has 1 aromatic rings.